The van der Waals surface area contributed by atoms with Crippen LogP contribution >= 0.6 is 22.7 Å². The molecule has 0 saturated heterocycles. The van der Waals surface area contributed by atoms with Crippen molar-refractivity contribution in [3.63, 3.8) is 0 Å². The van der Waals surface area contributed by atoms with E-state index in [9.17, 15) is 5.11 Å². The molecule has 2 unspecified atom stereocenters. The number of thiophene rings is 1. The summed E-state index contributed by atoms with van der Waals surface area (Å²) in [6, 6.07) is 14.2. The van der Waals surface area contributed by atoms with Gasteiger partial charge in [-0.15, -0.1) is 22.7 Å². The van der Waals surface area contributed by atoms with E-state index in [0.717, 1.165) is 17.1 Å². The van der Waals surface area contributed by atoms with Crippen LogP contribution in [0.15, 0.2) is 54.0 Å². The largest absolute Gasteiger partial charge is 0.388 e. The molecule has 0 radical (unpaired) electrons. The molecule has 3 aromatic rings. The van der Waals surface area contributed by atoms with Gasteiger partial charge in [-0.25, -0.2) is 4.98 Å². The minimum atomic E-state index is -0.429. The molecule has 2 N–H and O–H groups in total. The number of aliphatic hydroxyl groups is 1. The van der Waals surface area contributed by atoms with Crippen molar-refractivity contribution in [3.8, 4) is 9.88 Å². The van der Waals surface area contributed by atoms with E-state index in [1.165, 1.54) is 9.75 Å². The molecule has 1 aromatic carbocycles. The van der Waals surface area contributed by atoms with Crippen molar-refractivity contribution < 1.29 is 5.11 Å². The van der Waals surface area contributed by atoms with Gasteiger partial charge < -0.3 is 10.4 Å². The van der Waals surface area contributed by atoms with Gasteiger partial charge in [0.1, 0.15) is 5.01 Å². The SMILES string of the molecule is CC(CC(O)c1ccccc1)NCc1cnc(-c2cccs2)s1. The van der Waals surface area contributed by atoms with Crippen molar-refractivity contribution in [2.45, 2.75) is 32.0 Å². The third kappa shape index (κ3) is 4.48. The number of rotatable bonds is 7. The van der Waals surface area contributed by atoms with Crippen LogP contribution in [0.1, 0.15) is 29.9 Å². The average Bonchev–Trinajstić information content (AvgIpc) is 3.25. The van der Waals surface area contributed by atoms with Gasteiger partial charge in [0.15, 0.2) is 0 Å². The maximum absolute atomic E-state index is 10.3. The van der Waals surface area contributed by atoms with E-state index >= 15 is 0 Å². The number of nitrogens with zero attached hydrogens (tertiary/aromatic N) is 1. The van der Waals surface area contributed by atoms with Gasteiger partial charge in [-0.2, -0.15) is 0 Å². The maximum atomic E-state index is 10.3. The fourth-order valence-electron chi connectivity index (χ4n) is 2.41. The van der Waals surface area contributed by atoms with Crippen molar-refractivity contribution in [3.05, 3.63) is 64.5 Å². The molecule has 0 saturated carbocycles. The summed E-state index contributed by atoms with van der Waals surface area (Å²) < 4.78 is 0. The van der Waals surface area contributed by atoms with E-state index in [1.807, 2.05) is 42.6 Å². The predicted octanol–water partition coefficient (Wildman–Crippen LogP) is 4.47. The first-order chi connectivity index (χ1) is 11.2. The minimum absolute atomic E-state index is 0.234. The van der Waals surface area contributed by atoms with Gasteiger partial charge in [-0.1, -0.05) is 36.4 Å². The Kier molecular flexibility index (Phi) is 5.56. The summed E-state index contributed by atoms with van der Waals surface area (Å²) in [6.45, 7) is 2.89. The Morgan fingerprint density at radius 3 is 2.74 bits per heavy atom. The van der Waals surface area contributed by atoms with E-state index in [0.29, 0.717) is 6.42 Å². The zero-order valence-corrected chi connectivity index (χ0v) is 14.6. The fourth-order valence-corrected chi connectivity index (χ4v) is 4.07. The van der Waals surface area contributed by atoms with Gasteiger partial charge in [0, 0.05) is 23.7 Å². The highest BCUT2D eigenvalue weighted by atomic mass is 32.1. The molecule has 120 valence electrons. The van der Waals surface area contributed by atoms with Gasteiger partial charge in [0.2, 0.25) is 0 Å². The molecule has 0 amide bonds. The third-order valence-corrected chi connectivity index (χ3v) is 5.71. The minimum Gasteiger partial charge on any atom is -0.388 e. The van der Waals surface area contributed by atoms with Crippen LogP contribution in [0.2, 0.25) is 0 Å². The number of aromatic nitrogens is 1. The molecule has 3 rings (SSSR count). The second kappa shape index (κ2) is 7.84. The van der Waals surface area contributed by atoms with Crippen molar-refractivity contribution in [2.75, 3.05) is 0 Å². The Bertz CT molecular complexity index is 710. The van der Waals surface area contributed by atoms with Crippen molar-refractivity contribution in [1.82, 2.24) is 10.3 Å². The highest BCUT2D eigenvalue weighted by Crippen LogP contribution is 2.29. The molecular formula is C18H20N2OS2. The van der Waals surface area contributed by atoms with Crippen LogP contribution in [-0.2, 0) is 6.54 Å². The Labute approximate surface area is 144 Å². The monoisotopic (exact) mass is 344 g/mol. The first-order valence-electron chi connectivity index (χ1n) is 7.67. The van der Waals surface area contributed by atoms with Crippen molar-refractivity contribution in [1.29, 1.82) is 0 Å². The second-order valence-corrected chi connectivity index (χ2v) is 7.62. The molecule has 2 atom stereocenters. The summed E-state index contributed by atoms with van der Waals surface area (Å²) in [5.74, 6) is 0. The van der Waals surface area contributed by atoms with Crippen LogP contribution in [0, 0.1) is 0 Å². The van der Waals surface area contributed by atoms with Gasteiger partial charge in [-0.05, 0) is 30.4 Å². The molecule has 0 fully saturated rings. The van der Waals surface area contributed by atoms with E-state index in [-0.39, 0.29) is 6.04 Å². The molecule has 3 nitrogen and oxygen atoms in total. The Morgan fingerprint density at radius 1 is 1.17 bits per heavy atom. The Morgan fingerprint density at radius 2 is 2.00 bits per heavy atom. The molecule has 2 aromatic heterocycles. The molecule has 0 spiro atoms. The molecule has 0 aliphatic rings. The smallest absolute Gasteiger partial charge is 0.133 e. The zero-order chi connectivity index (χ0) is 16.1. The second-order valence-electron chi connectivity index (χ2n) is 5.55. The number of benzene rings is 1. The summed E-state index contributed by atoms with van der Waals surface area (Å²) in [4.78, 5) is 6.92. The first-order valence-corrected chi connectivity index (χ1v) is 9.37. The lowest BCUT2D eigenvalue weighted by atomic mass is 10.0. The molecule has 0 aliphatic heterocycles. The molecule has 2 heterocycles. The summed E-state index contributed by atoms with van der Waals surface area (Å²) in [7, 11) is 0. The van der Waals surface area contributed by atoms with Crippen molar-refractivity contribution >= 4 is 22.7 Å². The van der Waals surface area contributed by atoms with Gasteiger partial charge in [0.05, 0.1) is 11.0 Å². The van der Waals surface area contributed by atoms with Crippen LogP contribution < -0.4 is 5.32 Å². The number of thiazole rings is 1. The molecule has 0 bridgehead atoms. The van der Waals surface area contributed by atoms with Gasteiger partial charge in [0.25, 0.3) is 0 Å². The summed E-state index contributed by atoms with van der Waals surface area (Å²) in [6.07, 6.45) is 2.20. The summed E-state index contributed by atoms with van der Waals surface area (Å²) in [5.41, 5.74) is 0.971. The molecular weight excluding hydrogens is 324 g/mol. The number of hydrogen-bond acceptors (Lipinski definition) is 5. The van der Waals surface area contributed by atoms with E-state index in [1.54, 1.807) is 22.7 Å². The number of aliphatic hydroxyl groups excluding tert-OH is 1. The maximum Gasteiger partial charge on any atom is 0.133 e. The van der Waals surface area contributed by atoms with Crippen LogP contribution in [0.4, 0.5) is 0 Å². The van der Waals surface area contributed by atoms with Crippen molar-refractivity contribution in [2.24, 2.45) is 0 Å². The van der Waals surface area contributed by atoms with Crippen LogP contribution in [0.5, 0.6) is 0 Å². The lowest BCUT2D eigenvalue weighted by molar-refractivity contribution is 0.154. The van der Waals surface area contributed by atoms with Gasteiger partial charge in [-0.3, -0.25) is 0 Å². The van der Waals surface area contributed by atoms with E-state index < -0.39 is 6.10 Å². The lowest BCUT2D eigenvalue weighted by Crippen LogP contribution is -2.27. The Balaban J connectivity index is 1.50. The van der Waals surface area contributed by atoms with Crippen LogP contribution in [0.3, 0.4) is 0 Å². The topological polar surface area (TPSA) is 45.1 Å². The van der Waals surface area contributed by atoms with Crippen LogP contribution in [0.25, 0.3) is 9.88 Å². The number of nitrogens with one attached hydrogen (secondary N) is 1. The highest BCUT2D eigenvalue weighted by Gasteiger charge is 2.12. The first kappa shape index (κ1) is 16.3. The molecule has 0 aliphatic carbocycles. The molecule has 23 heavy (non-hydrogen) atoms. The average molecular weight is 345 g/mol. The summed E-state index contributed by atoms with van der Waals surface area (Å²) >= 11 is 3.44. The highest BCUT2D eigenvalue weighted by molar-refractivity contribution is 7.20. The zero-order valence-electron chi connectivity index (χ0n) is 13.0. The predicted molar refractivity (Wildman–Crippen MR) is 97.7 cm³/mol. The lowest BCUT2D eigenvalue weighted by Gasteiger charge is -2.17. The Hall–Kier alpha value is -1.53. The standard InChI is InChI=1S/C18H20N2OS2/c1-13(10-16(21)14-6-3-2-4-7-14)19-11-15-12-20-18(23-15)17-8-5-9-22-17/h2-9,12-13,16,19,21H,10-11H2,1H3. The fraction of sp³-hybridized carbons (Fsp3) is 0.278. The van der Waals surface area contributed by atoms with Crippen LogP contribution in [-0.4, -0.2) is 16.1 Å². The third-order valence-electron chi connectivity index (χ3n) is 3.67. The molecule has 5 heteroatoms. The number of hydrogen-bond donors (Lipinski definition) is 2. The normalized spacial score (nSPS) is 13.8. The van der Waals surface area contributed by atoms with E-state index in [2.05, 4.69) is 28.7 Å². The summed E-state index contributed by atoms with van der Waals surface area (Å²) in [5, 5.41) is 16.9. The quantitative estimate of drug-likeness (QED) is 0.664. The van der Waals surface area contributed by atoms with E-state index in [4.69, 9.17) is 0 Å². The van der Waals surface area contributed by atoms with Gasteiger partial charge >= 0.3 is 0 Å².